The number of hydrogen-bond donors (Lipinski definition) is 1. The van der Waals surface area contributed by atoms with Gasteiger partial charge in [0.25, 0.3) is 5.69 Å². The Kier molecular flexibility index (Phi) is 13.4. The minimum atomic E-state index is -0.628. The Morgan fingerprint density at radius 3 is 1.80 bits per heavy atom. The van der Waals surface area contributed by atoms with Crippen molar-refractivity contribution in [2.24, 2.45) is 5.92 Å². The summed E-state index contributed by atoms with van der Waals surface area (Å²) in [6, 6.07) is 3.43. The van der Waals surface area contributed by atoms with E-state index in [2.05, 4.69) is 6.92 Å². The molecule has 196 valence electrons. The lowest BCUT2D eigenvalue weighted by Gasteiger charge is -2.16. The van der Waals surface area contributed by atoms with Gasteiger partial charge in [-0.2, -0.15) is 0 Å². The number of nitro groups is 1. The third-order valence-electron chi connectivity index (χ3n) is 7.06. The van der Waals surface area contributed by atoms with E-state index in [1.807, 2.05) is 0 Å². The van der Waals surface area contributed by atoms with Crippen molar-refractivity contribution < 1.29 is 19.6 Å². The van der Waals surface area contributed by atoms with Crippen molar-refractivity contribution in [2.45, 2.75) is 122 Å². The van der Waals surface area contributed by atoms with Crippen LogP contribution in [-0.2, 0) is 9.59 Å². The highest BCUT2D eigenvalue weighted by atomic mass is 16.6. The number of unbranched alkanes of at least 4 members (excludes halogenated alkanes) is 15. The average Bonchev–Trinajstić information content (AvgIpc) is 3.11. The number of aromatic hydroxyl groups is 1. The summed E-state index contributed by atoms with van der Waals surface area (Å²) >= 11 is 0. The first-order chi connectivity index (χ1) is 17.0. The molecule has 7 nitrogen and oxygen atoms in total. The van der Waals surface area contributed by atoms with Gasteiger partial charge in [0, 0.05) is 18.4 Å². The first kappa shape index (κ1) is 28.8. The van der Waals surface area contributed by atoms with Gasteiger partial charge in [-0.1, -0.05) is 110 Å². The summed E-state index contributed by atoms with van der Waals surface area (Å²) in [5, 5.41) is 20.9. The third kappa shape index (κ3) is 9.98. The number of carbonyl (C=O) groups is 2. The van der Waals surface area contributed by atoms with Gasteiger partial charge in [-0.25, -0.2) is 4.90 Å². The van der Waals surface area contributed by atoms with Gasteiger partial charge in [0.2, 0.25) is 11.8 Å². The summed E-state index contributed by atoms with van der Waals surface area (Å²) in [6.45, 7) is 2.26. The van der Waals surface area contributed by atoms with E-state index in [9.17, 15) is 24.8 Å². The molecule has 1 saturated heterocycles. The molecule has 35 heavy (non-hydrogen) atoms. The van der Waals surface area contributed by atoms with E-state index in [1.54, 1.807) is 0 Å². The van der Waals surface area contributed by atoms with Gasteiger partial charge in [-0.3, -0.25) is 19.7 Å². The van der Waals surface area contributed by atoms with Crippen molar-refractivity contribution in [3.05, 3.63) is 28.3 Å². The molecule has 0 aliphatic carbocycles. The molecule has 2 rings (SSSR count). The first-order valence-corrected chi connectivity index (χ1v) is 13.8. The quantitative estimate of drug-likeness (QED) is 0.0925. The predicted molar refractivity (Wildman–Crippen MR) is 140 cm³/mol. The predicted octanol–water partition coefficient (Wildman–Crippen LogP) is 7.83. The van der Waals surface area contributed by atoms with Crippen LogP contribution in [0.15, 0.2) is 18.2 Å². The Morgan fingerprint density at radius 2 is 1.34 bits per heavy atom. The molecule has 7 heteroatoms. The highest BCUT2D eigenvalue weighted by molar-refractivity contribution is 6.21. The van der Waals surface area contributed by atoms with Crippen LogP contribution in [0, 0.1) is 16.0 Å². The van der Waals surface area contributed by atoms with E-state index in [-0.39, 0.29) is 35.5 Å². The molecule has 1 fully saturated rings. The molecule has 1 aromatic carbocycles. The van der Waals surface area contributed by atoms with Gasteiger partial charge in [0.05, 0.1) is 16.7 Å². The van der Waals surface area contributed by atoms with Crippen LogP contribution in [0.4, 0.5) is 11.4 Å². The van der Waals surface area contributed by atoms with Gasteiger partial charge < -0.3 is 5.11 Å². The first-order valence-electron chi connectivity index (χ1n) is 13.8. The van der Waals surface area contributed by atoms with Crippen LogP contribution >= 0.6 is 0 Å². The number of phenolic OH excluding ortho intramolecular Hbond substituents is 1. The maximum atomic E-state index is 12.7. The molecular formula is C28H44N2O5. The second-order valence-corrected chi connectivity index (χ2v) is 9.99. The molecule has 1 N–H and O–H groups in total. The lowest BCUT2D eigenvalue weighted by molar-refractivity contribution is -0.384. The number of carbonyl (C=O) groups excluding carboxylic acids is 2. The van der Waals surface area contributed by atoms with Crippen LogP contribution < -0.4 is 4.90 Å². The second-order valence-electron chi connectivity index (χ2n) is 9.99. The van der Waals surface area contributed by atoms with Crippen LogP contribution in [0.1, 0.15) is 122 Å². The fourth-order valence-electron chi connectivity index (χ4n) is 4.93. The van der Waals surface area contributed by atoms with Gasteiger partial charge in [0.15, 0.2) is 0 Å². The largest absolute Gasteiger partial charge is 0.505 e. The van der Waals surface area contributed by atoms with E-state index in [0.29, 0.717) is 6.42 Å². The Balaban J connectivity index is 1.52. The summed E-state index contributed by atoms with van der Waals surface area (Å²) in [7, 11) is 0. The number of non-ortho nitro benzene ring substituents is 1. The van der Waals surface area contributed by atoms with E-state index in [4.69, 9.17) is 0 Å². The normalized spacial score (nSPS) is 15.8. The molecule has 1 aliphatic heterocycles. The smallest absolute Gasteiger partial charge is 0.273 e. The van der Waals surface area contributed by atoms with Crippen molar-refractivity contribution in [3.8, 4) is 5.75 Å². The number of amides is 2. The highest BCUT2D eigenvalue weighted by Gasteiger charge is 2.40. The number of anilines is 1. The second kappa shape index (κ2) is 16.3. The van der Waals surface area contributed by atoms with Crippen molar-refractivity contribution >= 4 is 23.2 Å². The minimum absolute atomic E-state index is 0.0278. The van der Waals surface area contributed by atoms with Crippen LogP contribution in [0.3, 0.4) is 0 Å². The van der Waals surface area contributed by atoms with Crippen LogP contribution in [0.5, 0.6) is 5.75 Å². The molecule has 1 aromatic rings. The van der Waals surface area contributed by atoms with Crippen LogP contribution in [0.25, 0.3) is 0 Å². The number of nitro benzene ring substituents is 1. The standard InChI is InChI=1S/C28H44N2O5/c1-2-3-4-5-6-7-8-9-10-11-12-13-14-15-16-17-18-23-21-27(32)29(28(23)33)25-20-19-24(30(34)35)22-26(25)31/h19-20,22-23,31H,2-18,21H2,1H3/t23-/m1/s1. The van der Waals surface area contributed by atoms with Gasteiger partial charge >= 0.3 is 0 Å². The zero-order chi connectivity index (χ0) is 25.5. The summed E-state index contributed by atoms with van der Waals surface area (Å²) in [4.78, 5) is 36.3. The molecule has 0 aromatic heterocycles. The summed E-state index contributed by atoms with van der Waals surface area (Å²) in [5.41, 5.74) is -0.255. The Labute approximate surface area is 210 Å². The SMILES string of the molecule is CCCCCCCCCCCCCCCCCC[C@@H]1CC(=O)N(c2ccc([N+](=O)[O-])cc2O)C1=O. The van der Waals surface area contributed by atoms with Crippen molar-refractivity contribution in [2.75, 3.05) is 4.90 Å². The van der Waals surface area contributed by atoms with Crippen LogP contribution in [0.2, 0.25) is 0 Å². The highest BCUT2D eigenvalue weighted by Crippen LogP contribution is 2.36. The van der Waals surface area contributed by atoms with Crippen LogP contribution in [-0.4, -0.2) is 21.8 Å². The fourth-order valence-corrected chi connectivity index (χ4v) is 4.93. The lowest BCUT2D eigenvalue weighted by atomic mass is 9.98. The molecule has 0 saturated carbocycles. The van der Waals surface area contributed by atoms with Gasteiger partial charge in [-0.15, -0.1) is 0 Å². The molecule has 0 unspecified atom stereocenters. The molecule has 0 radical (unpaired) electrons. The Bertz CT molecular complexity index is 811. The fraction of sp³-hybridized carbons (Fsp3) is 0.714. The molecule has 1 heterocycles. The number of hydrogen-bond acceptors (Lipinski definition) is 5. The monoisotopic (exact) mass is 488 g/mol. The zero-order valence-corrected chi connectivity index (χ0v) is 21.5. The maximum Gasteiger partial charge on any atom is 0.273 e. The maximum absolute atomic E-state index is 12.7. The van der Waals surface area contributed by atoms with Gasteiger partial charge in [-0.05, 0) is 12.5 Å². The van der Waals surface area contributed by atoms with E-state index in [1.165, 1.54) is 95.6 Å². The molecule has 2 amide bonds. The summed E-state index contributed by atoms with van der Waals surface area (Å²) in [5.74, 6) is -1.48. The van der Waals surface area contributed by atoms with Crippen molar-refractivity contribution in [1.29, 1.82) is 0 Å². The molecule has 1 atom stereocenters. The minimum Gasteiger partial charge on any atom is -0.505 e. The number of benzene rings is 1. The number of rotatable bonds is 19. The lowest BCUT2D eigenvalue weighted by Crippen LogP contribution is -2.30. The third-order valence-corrected chi connectivity index (χ3v) is 7.06. The van der Waals surface area contributed by atoms with E-state index < -0.39 is 10.7 Å². The molecule has 0 spiro atoms. The zero-order valence-electron chi connectivity index (χ0n) is 21.5. The van der Waals surface area contributed by atoms with E-state index in [0.717, 1.165) is 30.2 Å². The Hall–Kier alpha value is -2.44. The average molecular weight is 489 g/mol. The number of phenols is 1. The summed E-state index contributed by atoms with van der Waals surface area (Å²) in [6.07, 6.45) is 21.4. The van der Waals surface area contributed by atoms with E-state index >= 15 is 0 Å². The van der Waals surface area contributed by atoms with Gasteiger partial charge in [0.1, 0.15) is 5.75 Å². The molecule has 0 bridgehead atoms. The van der Waals surface area contributed by atoms with Crippen molar-refractivity contribution in [1.82, 2.24) is 0 Å². The number of nitrogens with zero attached hydrogens (tertiary/aromatic N) is 2. The Morgan fingerprint density at radius 1 is 0.857 bits per heavy atom. The van der Waals surface area contributed by atoms with Crippen molar-refractivity contribution in [3.63, 3.8) is 0 Å². The molecule has 1 aliphatic rings. The topological polar surface area (TPSA) is 101 Å². The molecular weight excluding hydrogens is 444 g/mol. The summed E-state index contributed by atoms with van der Waals surface area (Å²) < 4.78 is 0. The number of imide groups is 1.